The third-order valence-corrected chi connectivity index (χ3v) is 8.83. The average molecular weight is 635 g/mol. The van der Waals surface area contributed by atoms with Gasteiger partial charge in [0, 0.05) is 53.9 Å². The standard InChI is InChI=1S/C36H33N3.HI/c1-22-28-13-7-10-16-31(28)37(4)34(22)25-19-26(35-23(2)29-14-8-11-17-32(29)38(35)5)21-27(20-25)36-24(3)30-15-9-12-18-33(30)39(36)6;/h7-21H,1-6H3;1H/p-1. The van der Waals surface area contributed by atoms with Crippen LogP contribution in [0.1, 0.15) is 16.7 Å². The van der Waals surface area contributed by atoms with Crippen molar-refractivity contribution in [1.29, 1.82) is 0 Å². The van der Waals surface area contributed by atoms with Gasteiger partial charge in [0.05, 0.1) is 17.1 Å². The monoisotopic (exact) mass is 634 g/mol. The predicted octanol–water partition coefficient (Wildman–Crippen LogP) is 6.09. The zero-order valence-corrected chi connectivity index (χ0v) is 26.0. The fourth-order valence-electron chi connectivity index (χ4n) is 7.02. The van der Waals surface area contributed by atoms with E-state index in [1.54, 1.807) is 0 Å². The van der Waals surface area contributed by atoms with E-state index >= 15 is 0 Å². The Morgan fingerprint density at radius 1 is 0.400 bits per heavy atom. The molecule has 4 heteroatoms. The second kappa shape index (κ2) is 9.70. The lowest BCUT2D eigenvalue weighted by atomic mass is 9.95. The summed E-state index contributed by atoms with van der Waals surface area (Å²) in [6.07, 6.45) is 0. The highest BCUT2D eigenvalue weighted by Gasteiger charge is 2.21. The zero-order chi connectivity index (χ0) is 27.0. The van der Waals surface area contributed by atoms with Crippen molar-refractivity contribution < 1.29 is 24.0 Å². The molecule has 0 radical (unpaired) electrons. The maximum atomic E-state index is 2.39. The molecule has 0 fully saturated rings. The summed E-state index contributed by atoms with van der Waals surface area (Å²) in [5.41, 5.74) is 15.3. The molecule has 7 aromatic rings. The molecule has 0 aliphatic rings. The number of hydrogen-bond donors (Lipinski definition) is 0. The fourth-order valence-corrected chi connectivity index (χ4v) is 7.02. The van der Waals surface area contributed by atoms with E-state index in [0.717, 1.165) is 0 Å². The maximum Gasteiger partial charge on any atom is 0.0518 e. The molecular formula is C36H33IN3-. The van der Waals surface area contributed by atoms with Gasteiger partial charge in [-0.25, -0.2) is 0 Å². The van der Waals surface area contributed by atoms with Gasteiger partial charge >= 0.3 is 0 Å². The molecule has 0 unspecified atom stereocenters. The Morgan fingerprint density at radius 2 is 0.650 bits per heavy atom. The molecule has 0 aliphatic carbocycles. The van der Waals surface area contributed by atoms with Gasteiger partial charge < -0.3 is 37.7 Å². The first-order valence-corrected chi connectivity index (χ1v) is 13.6. The van der Waals surface area contributed by atoms with Gasteiger partial charge in [0.2, 0.25) is 0 Å². The molecule has 0 aliphatic heterocycles. The first-order valence-electron chi connectivity index (χ1n) is 13.6. The van der Waals surface area contributed by atoms with Gasteiger partial charge in [-0.1, -0.05) is 54.6 Å². The summed E-state index contributed by atoms with van der Waals surface area (Å²) >= 11 is 0. The molecule has 200 valence electrons. The van der Waals surface area contributed by atoms with E-state index < -0.39 is 0 Å². The van der Waals surface area contributed by atoms with Crippen molar-refractivity contribution in [3.05, 3.63) is 108 Å². The van der Waals surface area contributed by atoms with Crippen LogP contribution in [-0.2, 0) is 21.1 Å². The Morgan fingerprint density at radius 3 is 0.900 bits per heavy atom. The molecule has 3 aromatic heterocycles. The third-order valence-electron chi connectivity index (χ3n) is 8.83. The van der Waals surface area contributed by atoms with Gasteiger partial charge in [-0.3, -0.25) is 0 Å². The van der Waals surface area contributed by atoms with E-state index in [-0.39, 0.29) is 24.0 Å². The highest BCUT2D eigenvalue weighted by molar-refractivity contribution is 5.97. The number of fused-ring (bicyclic) bond motifs is 3. The molecular weight excluding hydrogens is 601 g/mol. The lowest BCUT2D eigenvalue weighted by molar-refractivity contribution is -0.00000780. The van der Waals surface area contributed by atoms with Gasteiger partial charge in [0.25, 0.3) is 0 Å². The number of aryl methyl sites for hydroxylation is 6. The minimum absolute atomic E-state index is 0. The van der Waals surface area contributed by atoms with E-state index in [0.29, 0.717) is 0 Å². The molecule has 3 heterocycles. The minimum Gasteiger partial charge on any atom is -1.00 e. The maximum absolute atomic E-state index is 2.39. The second-order valence-corrected chi connectivity index (χ2v) is 10.9. The lowest BCUT2D eigenvalue weighted by Gasteiger charge is -2.15. The SMILES string of the molecule is Cc1c(-c2cc(-c3c(C)c4ccccc4n3C)cc(-c3c(C)c4ccccc4n3C)c2)n(C)c2ccccc12.[I-]. The minimum atomic E-state index is 0. The van der Waals surface area contributed by atoms with Crippen LogP contribution in [0.2, 0.25) is 0 Å². The van der Waals surface area contributed by atoms with E-state index in [1.807, 2.05) is 0 Å². The highest BCUT2D eigenvalue weighted by atomic mass is 127. The Hall–Kier alpha value is -3.77. The number of para-hydroxylation sites is 3. The van der Waals surface area contributed by atoms with Crippen LogP contribution in [0.3, 0.4) is 0 Å². The molecule has 0 saturated carbocycles. The lowest BCUT2D eigenvalue weighted by Crippen LogP contribution is -3.00. The van der Waals surface area contributed by atoms with Crippen LogP contribution in [0.25, 0.3) is 66.5 Å². The van der Waals surface area contributed by atoms with Crippen LogP contribution in [0.15, 0.2) is 91.0 Å². The molecule has 0 N–H and O–H groups in total. The van der Waals surface area contributed by atoms with Crippen LogP contribution < -0.4 is 24.0 Å². The Bertz CT molecular complexity index is 1720. The van der Waals surface area contributed by atoms with Gasteiger partial charge in [0.1, 0.15) is 0 Å². The third kappa shape index (κ3) is 3.69. The summed E-state index contributed by atoms with van der Waals surface area (Å²) < 4.78 is 7.07. The summed E-state index contributed by atoms with van der Waals surface area (Å²) in [7, 11) is 6.59. The van der Waals surface area contributed by atoms with Crippen molar-refractivity contribution in [2.24, 2.45) is 21.1 Å². The van der Waals surface area contributed by atoms with Crippen molar-refractivity contribution in [1.82, 2.24) is 13.7 Å². The number of benzene rings is 4. The summed E-state index contributed by atoms with van der Waals surface area (Å²) in [5, 5.41) is 3.93. The average Bonchev–Trinajstić information content (AvgIpc) is 3.48. The molecule has 40 heavy (non-hydrogen) atoms. The van der Waals surface area contributed by atoms with Gasteiger partial charge in [-0.15, -0.1) is 0 Å². The molecule has 0 bridgehead atoms. The second-order valence-electron chi connectivity index (χ2n) is 10.9. The van der Waals surface area contributed by atoms with E-state index in [4.69, 9.17) is 0 Å². The molecule has 4 aromatic carbocycles. The fraction of sp³-hybridized carbons (Fsp3) is 0.167. The molecule has 0 saturated heterocycles. The van der Waals surface area contributed by atoms with Gasteiger partial charge in [-0.2, -0.15) is 0 Å². The Labute approximate surface area is 252 Å². The van der Waals surface area contributed by atoms with Crippen LogP contribution in [0.4, 0.5) is 0 Å². The first-order chi connectivity index (χ1) is 18.9. The Kier molecular flexibility index (Phi) is 6.42. The van der Waals surface area contributed by atoms with E-state index in [9.17, 15) is 0 Å². The normalized spacial score (nSPS) is 11.6. The van der Waals surface area contributed by atoms with Crippen molar-refractivity contribution in [2.45, 2.75) is 20.8 Å². The number of aromatic nitrogens is 3. The summed E-state index contributed by atoms with van der Waals surface area (Å²) in [6.45, 7) is 6.77. The number of nitrogens with zero attached hydrogens (tertiary/aromatic N) is 3. The van der Waals surface area contributed by atoms with Crippen LogP contribution in [0.5, 0.6) is 0 Å². The first kappa shape index (κ1) is 26.5. The topological polar surface area (TPSA) is 14.8 Å². The largest absolute Gasteiger partial charge is 1.00 e. The van der Waals surface area contributed by atoms with Gasteiger partial charge in [0.15, 0.2) is 0 Å². The quantitative estimate of drug-likeness (QED) is 0.209. The number of hydrogen-bond acceptors (Lipinski definition) is 0. The highest BCUT2D eigenvalue weighted by Crippen LogP contribution is 2.41. The summed E-state index contributed by atoms with van der Waals surface area (Å²) in [5.74, 6) is 0. The van der Waals surface area contributed by atoms with Crippen LogP contribution in [-0.4, -0.2) is 13.7 Å². The predicted molar refractivity (Wildman–Crippen MR) is 166 cm³/mol. The van der Waals surface area contributed by atoms with Gasteiger partial charge in [-0.05, 0) is 90.6 Å². The molecule has 3 nitrogen and oxygen atoms in total. The van der Waals surface area contributed by atoms with Crippen molar-refractivity contribution in [3.63, 3.8) is 0 Å². The number of halogens is 1. The van der Waals surface area contributed by atoms with Crippen LogP contribution in [0, 0.1) is 20.8 Å². The molecule has 0 spiro atoms. The molecule has 7 rings (SSSR count). The smallest absolute Gasteiger partial charge is 0.0518 e. The Balaban J connectivity index is 0.00000289. The van der Waals surface area contributed by atoms with E-state index in [1.165, 1.54) is 83.2 Å². The molecule has 0 atom stereocenters. The van der Waals surface area contributed by atoms with Crippen molar-refractivity contribution in [2.75, 3.05) is 0 Å². The number of rotatable bonds is 3. The summed E-state index contributed by atoms with van der Waals surface area (Å²) in [6, 6.07) is 33.4. The summed E-state index contributed by atoms with van der Waals surface area (Å²) in [4.78, 5) is 0. The molecule has 0 amide bonds. The van der Waals surface area contributed by atoms with Crippen molar-refractivity contribution >= 4 is 32.7 Å². The van der Waals surface area contributed by atoms with Crippen LogP contribution >= 0.6 is 0 Å². The van der Waals surface area contributed by atoms with E-state index in [2.05, 4.69) is 147 Å². The van der Waals surface area contributed by atoms with Crippen molar-refractivity contribution in [3.8, 4) is 33.8 Å². The zero-order valence-electron chi connectivity index (χ0n) is 23.9.